The van der Waals surface area contributed by atoms with Gasteiger partial charge in [0.1, 0.15) is 0 Å². The normalized spacial score (nSPS) is 26.4. The van der Waals surface area contributed by atoms with Crippen LogP contribution in [0.5, 0.6) is 0 Å². The number of para-hydroxylation sites is 1. The van der Waals surface area contributed by atoms with Crippen LogP contribution in [-0.4, -0.2) is 36.6 Å². The molecule has 1 saturated carbocycles. The van der Waals surface area contributed by atoms with Crippen LogP contribution in [0.3, 0.4) is 0 Å². The molecule has 0 aliphatic heterocycles. The number of hydrogen-bond donors (Lipinski definition) is 1. The second-order valence-corrected chi connectivity index (χ2v) is 6.49. The van der Waals surface area contributed by atoms with E-state index in [1.807, 2.05) is 30.4 Å². The number of methoxy groups -OCH3 is 1. The van der Waals surface area contributed by atoms with Crippen molar-refractivity contribution in [2.45, 2.75) is 12.8 Å². The summed E-state index contributed by atoms with van der Waals surface area (Å²) < 4.78 is 4.67. The molecule has 1 amide bonds. The van der Waals surface area contributed by atoms with Gasteiger partial charge < -0.3 is 14.7 Å². The summed E-state index contributed by atoms with van der Waals surface area (Å²) in [5.41, 5.74) is 0.660. The number of fused-ring (bicyclic) bond motifs is 2. The molecule has 2 bridgehead atoms. The predicted molar refractivity (Wildman–Crippen MR) is 90.8 cm³/mol. The number of carbonyl (C=O) groups excluding carboxylic acids is 2. The number of esters is 1. The third-order valence-corrected chi connectivity index (χ3v) is 5.13. The number of anilines is 1. The number of allylic oxidation sites excluding steroid dienone is 2. The molecule has 0 saturated heterocycles. The number of rotatable bonds is 6. The van der Waals surface area contributed by atoms with Gasteiger partial charge in [-0.05, 0) is 30.4 Å². The van der Waals surface area contributed by atoms with E-state index in [4.69, 9.17) is 0 Å². The van der Waals surface area contributed by atoms with Gasteiger partial charge in [0, 0.05) is 12.2 Å². The number of nitrogens with zero attached hydrogens (tertiary/aromatic N) is 1. The number of amides is 1. The SMILES string of the molecule is COC(=O)CCN(C(=O)[C@@H]1[C@H](C(=O)O)[C@H]2C=C[C@H]1C2)c1ccccc1. The molecule has 1 fully saturated rings. The van der Waals surface area contributed by atoms with Crippen molar-refractivity contribution >= 4 is 23.5 Å². The molecule has 6 nitrogen and oxygen atoms in total. The van der Waals surface area contributed by atoms with Gasteiger partial charge in [0.2, 0.25) is 5.91 Å². The highest BCUT2D eigenvalue weighted by Crippen LogP contribution is 2.49. The molecule has 4 atom stereocenters. The molecule has 0 unspecified atom stereocenters. The second kappa shape index (κ2) is 7.09. The summed E-state index contributed by atoms with van der Waals surface area (Å²) in [5.74, 6) is -3.01. The molecule has 25 heavy (non-hydrogen) atoms. The highest BCUT2D eigenvalue weighted by molar-refractivity contribution is 5.98. The minimum absolute atomic E-state index is 0.0528. The Balaban J connectivity index is 1.87. The van der Waals surface area contributed by atoms with Crippen molar-refractivity contribution in [3.8, 4) is 0 Å². The molecule has 6 heteroatoms. The van der Waals surface area contributed by atoms with Crippen LogP contribution in [0.2, 0.25) is 0 Å². The first-order valence-corrected chi connectivity index (χ1v) is 8.37. The fraction of sp³-hybridized carbons (Fsp3) is 0.421. The van der Waals surface area contributed by atoms with Crippen LogP contribution in [0.25, 0.3) is 0 Å². The number of aliphatic carboxylic acids is 1. The van der Waals surface area contributed by atoms with Gasteiger partial charge in [0.15, 0.2) is 0 Å². The largest absolute Gasteiger partial charge is 0.481 e. The third kappa shape index (κ3) is 3.29. The fourth-order valence-electron chi connectivity index (χ4n) is 3.96. The summed E-state index contributed by atoms with van der Waals surface area (Å²) >= 11 is 0. The topological polar surface area (TPSA) is 83.9 Å². The first-order valence-electron chi connectivity index (χ1n) is 8.37. The first-order chi connectivity index (χ1) is 12.0. The monoisotopic (exact) mass is 343 g/mol. The molecule has 0 radical (unpaired) electrons. The van der Waals surface area contributed by atoms with Crippen molar-refractivity contribution in [1.29, 1.82) is 0 Å². The molecule has 132 valence electrons. The van der Waals surface area contributed by atoms with E-state index in [9.17, 15) is 19.5 Å². The summed E-state index contributed by atoms with van der Waals surface area (Å²) in [7, 11) is 1.30. The lowest BCUT2D eigenvalue weighted by Crippen LogP contribution is -2.44. The summed E-state index contributed by atoms with van der Waals surface area (Å²) in [5, 5.41) is 9.58. The van der Waals surface area contributed by atoms with Gasteiger partial charge in [-0.3, -0.25) is 14.4 Å². The van der Waals surface area contributed by atoms with E-state index in [1.165, 1.54) is 12.0 Å². The second-order valence-electron chi connectivity index (χ2n) is 6.49. The van der Waals surface area contributed by atoms with Crippen LogP contribution in [-0.2, 0) is 19.1 Å². The Labute approximate surface area is 146 Å². The van der Waals surface area contributed by atoms with E-state index in [-0.39, 0.29) is 30.7 Å². The van der Waals surface area contributed by atoms with Crippen LogP contribution < -0.4 is 4.90 Å². The predicted octanol–water partition coefficient (Wildman–Crippen LogP) is 2.11. The van der Waals surface area contributed by atoms with Gasteiger partial charge in [0.25, 0.3) is 0 Å². The lowest BCUT2D eigenvalue weighted by atomic mass is 9.82. The van der Waals surface area contributed by atoms with Crippen molar-refractivity contribution in [3.63, 3.8) is 0 Å². The maximum absolute atomic E-state index is 13.2. The van der Waals surface area contributed by atoms with Crippen molar-refractivity contribution < 1.29 is 24.2 Å². The Morgan fingerprint density at radius 3 is 2.36 bits per heavy atom. The smallest absolute Gasteiger partial charge is 0.307 e. The number of hydrogen-bond acceptors (Lipinski definition) is 4. The maximum Gasteiger partial charge on any atom is 0.307 e. The zero-order valence-electron chi connectivity index (χ0n) is 14.0. The molecule has 1 aromatic rings. The van der Waals surface area contributed by atoms with Crippen molar-refractivity contribution in [2.24, 2.45) is 23.7 Å². The van der Waals surface area contributed by atoms with Crippen molar-refractivity contribution in [3.05, 3.63) is 42.5 Å². The Bertz CT molecular complexity index is 699. The zero-order valence-corrected chi connectivity index (χ0v) is 14.0. The Hall–Kier alpha value is -2.63. The van der Waals surface area contributed by atoms with Crippen LogP contribution in [0, 0.1) is 23.7 Å². The molecule has 3 rings (SSSR count). The maximum atomic E-state index is 13.2. The lowest BCUT2D eigenvalue weighted by molar-refractivity contribution is -0.147. The highest BCUT2D eigenvalue weighted by atomic mass is 16.5. The third-order valence-electron chi connectivity index (χ3n) is 5.13. The molecule has 2 aliphatic rings. The van der Waals surface area contributed by atoms with E-state index in [0.29, 0.717) is 12.1 Å². The minimum Gasteiger partial charge on any atom is -0.481 e. The summed E-state index contributed by atoms with van der Waals surface area (Å²) in [4.78, 5) is 38.0. The molecule has 1 N–H and O–H groups in total. The average Bonchev–Trinajstić information content (AvgIpc) is 3.23. The van der Waals surface area contributed by atoms with E-state index in [0.717, 1.165) is 0 Å². The summed E-state index contributed by atoms with van der Waals surface area (Å²) in [6.07, 6.45) is 4.63. The van der Waals surface area contributed by atoms with E-state index >= 15 is 0 Å². The first kappa shape index (κ1) is 17.2. The van der Waals surface area contributed by atoms with Gasteiger partial charge in [0.05, 0.1) is 25.4 Å². The highest BCUT2D eigenvalue weighted by Gasteiger charge is 2.52. The molecule has 0 heterocycles. The Kier molecular flexibility index (Phi) is 4.88. The van der Waals surface area contributed by atoms with Gasteiger partial charge in [-0.25, -0.2) is 0 Å². The van der Waals surface area contributed by atoms with Crippen LogP contribution in [0.1, 0.15) is 12.8 Å². The zero-order chi connectivity index (χ0) is 18.0. The van der Waals surface area contributed by atoms with Gasteiger partial charge in [-0.1, -0.05) is 30.4 Å². The minimum atomic E-state index is -0.934. The van der Waals surface area contributed by atoms with Crippen molar-refractivity contribution in [2.75, 3.05) is 18.6 Å². The molecule has 2 aliphatic carbocycles. The standard InChI is InChI=1S/C19H21NO5/c1-25-15(21)9-10-20(14-5-3-2-4-6-14)18(22)16-12-7-8-13(11-12)17(16)19(23)24/h2-8,12-13,16-17H,9-11H2,1H3,(H,23,24)/t12-,13-,16-,17+/m0/s1. The molecular weight excluding hydrogens is 322 g/mol. The van der Waals surface area contributed by atoms with E-state index < -0.39 is 23.8 Å². The summed E-state index contributed by atoms with van der Waals surface area (Å²) in [6, 6.07) is 9.03. The fourth-order valence-corrected chi connectivity index (χ4v) is 3.96. The van der Waals surface area contributed by atoms with E-state index in [1.54, 1.807) is 12.1 Å². The Morgan fingerprint density at radius 2 is 1.76 bits per heavy atom. The average molecular weight is 343 g/mol. The quantitative estimate of drug-likeness (QED) is 0.632. The summed E-state index contributed by atoms with van der Waals surface area (Å²) in [6.45, 7) is 0.166. The van der Waals surface area contributed by atoms with Gasteiger partial charge in [-0.2, -0.15) is 0 Å². The number of carboxylic acids is 1. The van der Waals surface area contributed by atoms with Crippen LogP contribution in [0.4, 0.5) is 5.69 Å². The molecule has 0 spiro atoms. The van der Waals surface area contributed by atoms with E-state index in [2.05, 4.69) is 4.74 Å². The number of carbonyl (C=O) groups is 3. The molecule has 1 aromatic carbocycles. The lowest BCUT2D eigenvalue weighted by Gasteiger charge is -2.31. The van der Waals surface area contributed by atoms with Crippen molar-refractivity contribution in [1.82, 2.24) is 0 Å². The number of benzene rings is 1. The Morgan fingerprint density at radius 1 is 1.12 bits per heavy atom. The van der Waals surface area contributed by atoms with Gasteiger partial charge in [-0.15, -0.1) is 0 Å². The molecule has 0 aromatic heterocycles. The molecular formula is C19H21NO5. The number of carboxylic acid groups (broad SMARTS) is 1. The van der Waals surface area contributed by atoms with Crippen LogP contribution in [0.15, 0.2) is 42.5 Å². The number of ether oxygens (including phenoxy) is 1. The van der Waals surface area contributed by atoms with Gasteiger partial charge >= 0.3 is 11.9 Å². The van der Waals surface area contributed by atoms with Crippen LogP contribution >= 0.6 is 0 Å².